The van der Waals surface area contributed by atoms with E-state index in [1.165, 1.54) is 17.6 Å². The van der Waals surface area contributed by atoms with Crippen molar-refractivity contribution >= 4 is 23.5 Å². The van der Waals surface area contributed by atoms with Gasteiger partial charge in [-0.1, -0.05) is 19.0 Å². The first-order chi connectivity index (χ1) is 12.0. The van der Waals surface area contributed by atoms with E-state index in [2.05, 4.69) is 24.0 Å². The number of benzene rings is 1. The average molecular weight is 362 g/mol. The highest BCUT2D eigenvalue weighted by atomic mass is 32.1. The maximum atomic E-state index is 12.0. The molecule has 0 aliphatic carbocycles. The third-order valence-corrected chi connectivity index (χ3v) is 4.47. The third-order valence-electron chi connectivity index (χ3n) is 3.28. The number of rotatable bonds is 7. The summed E-state index contributed by atoms with van der Waals surface area (Å²) in [5.41, 5.74) is 2.09. The Balaban J connectivity index is 2.35. The van der Waals surface area contributed by atoms with E-state index in [-0.39, 0.29) is 5.97 Å². The zero-order valence-corrected chi connectivity index (χ0v) is 15.6. The minimum Gasteiger partial charge on any atom is -0.493 e. The van der Waals surface area contributed by atoms with Crippen molar-refractivity contribution in [3.8, 4) is 16.3 Å². The molecule has 0 spiro atoms. The molecule has 1 N–H and O–H groups in total. The Kier molecular flexibility index (Phi) is 6.52. The van der Waals surface area contributed by atoms with Crippen LogP contribution in [0.3, 0.4) is 0 Å². The van der Waals surface area contributed by atoms with Crippen LogP contribution < -0.4 is 4.74 Å². The number of nitrogens with zero attached hydrogens (tertiary/aromatic N) is 2. The summed E-state index contributed by atoms with van der Waals surface area (Å²) in [7, 11) is 0. The van der Waals surface area contributed by atoms with Gasteiger partial charge in [0.1, 0.15) is 15.6 Å². The number of ether oxygens (including phenoxy) is 2. The lowest BCUT2D eigenvalue weighted by atomic mass is 10.1. The van der Waals surface area contributed by atoms with Crippen LogP contribution in [0.2, 0.25) is 0 Å². The van der Waals surface area contributed by atoms with Crippen molar-refractivity contribution in [1.29, 1.82) is 0 Å². The Hall–Kier alpha value is -2.41. The fraction of sp³-hybridized carbons (Fsp3) is 0.389. The first kappa shape index (κ1) is 18.9. The predicted octanol–water partition coefficient (Wildman–Crippen LogP) is 4.14. The quantitative estimate of drug-likeness (QED) is 0.346. The van der Waals surface area contributed by atoms with Crippen LogP contribution >= 0.6 is 11.3 Å². The normalized spacial score (nSPS) is 11.2. The number of carbonyl (C=O) groups is 1. The van der Waals surface area contributed by atoms with Crippen molar-refractivity contribution in [2.24, 2.45) is 11.1 Å². The van der Waals surface area contributed by atoms with Gasteiger partial charge in [0.25, 0.3) is 0 Å². The number of oxime groups is 1. The summed E-state index contributed by atoms with van der Waals surface area (Å²) >= 11 is 1.28. The fourth-order valence-electron chi connectivity index (χ4n) is 2.14. The maximum Gasteiger partial charge on any atom is 0.350 e. The van der Waals surface area contributed by atoms with Crippen LogP contribution in [-0.4, -0.2) is 35.6 Å². The number of carbonyl (C=O) groups excluding carboxylic acids is 1. The number of aryl methyl sites for hydroxylation is 1. The topological polar surface area (TPSA) is 81.0 Å². The Morgan fingerprint density at radius 3 is 2.84 bits per heavy atom. The largest absolute Gasteiger partial charge is 0.493 e. The fourth-order valence-corrected chi connectivity index (χ4v) is 3.09. The van der Waals surface area contributed by atoms with Crippen LogP contribution in [-0.2, 0) is 4.74 Å². The zero-order chi connectivity index (χ0) is 18.4. The van der Waals surface area contributed by atoms with Gasteiger partial charge < -0.3 is 14.7 Å². The molecule has 0 saturated heterocycles. The number of esters is 1. The highest BCUT2D eigenvalue weighted by molar-refractivity contribution is 7.17. The van der Waals surface area contributed by atoms with Crippen molar-refractivity contribution in [3.05, 3.63) is 34.3 Å². The van der Waals surface area contributed by atoms with Crippen molar-refractivity contribution < 1.29 is 19.5 Å². The van der Waals surface area contributed by atoms with Gasteiger partial charge in [0.05, 0.1) is 25.1 Å². The Labute approximate surface area is 151 Å². The van der Waals surface area contributed by atoms with Crippen LogP contribution in [0.1, 0.15) is 41.7 Å². The van der Waals surface area contributed by atoms with Crippen molar-refractivity contribution in [1.82, 2.24) is 4.98 Å². The van der Waals surface area contributed by atoms with E-state index in [0.717, 1.165) is 5.56 Å². The molecular weight excluding hydrogens is 340 g/mol. The summed E-state index contributed by atoms with van der Waals surface area (Å²) in [5.74, 6) is 0.652. The van der Waals surface area contributed by atoms with Crippen molar-refractivity contribution in [2.45, 2.75) is 27.7 Å². The number of aromatic nitrogens is 1. The molecule has 134 valence electrons. The van der Waals surface area contributed by atoms with E-state index in [1.54, 1.807) is 13.8 Å². The van der Waals surface area contributed by atoms with Crippen LogP contribution in [0, 0.1) is 12.8 Å². The second-order valence-corrected chi connectivity index (χ2v) is 6.86. The molecule has 1 heterocycles. The first-order valence-electron chi connectivity index (χ1n) is 8.05. The monoisotopic (exact) mass is 362 g/mol. The molecule has 0 bridgehead atoms. The minimum absolute atomic E-state index is 0.324. The summed E-state index contributed by atoms with van der Waals surface area (Å²) < 4.78 is 10.8. The van der Waals surface area contributed by atoms with Crippen LogP contribution in [0.4, 0.5) is 0 Å². The van der Waals surface area contributed by atoms with E-state index < -0.39 is 0 Å². The number of hydrogen-bond acceptors (Lipinski definition) is 7. The van der Waals surface area contributed by atoms with E-state index in [9.17, 15) is 4.79 Å². The van der Waals surface area contributed by atoms with E-state index in [4.69, 9.17) is 14.7 Å². The second-order valence-electron chi connectivity index (χ2n) is 5.86. The molecule has 0 amide bonds. The molecule has 6 nitrogen and oxygen atoms in total. The molecular formula is C18H22N2O4S. The number of hydrogen-bond donors (Lipinski definition) is 1. The van der Waals surface area contributed by atoms with Gasteiger partial charge in [-0.2, -0.15) is 0 Å². The lowest BCUT2D eigenvalue weighted by Crippen LogP contribution is -2.06. The average Bonchev–Trinajstić information content (AvgIpc) is 2.96. The summed E-state index contributed by atoms with van der Waals surface area (Å²) in [6.45, 7) is 8.56. The molecule has 1 aromatic heterocycles. The van der Waals surface area contributed by atoms with Gasteiger partial charge in [-0.05, 0) is 38.0 Å². The molecule has 0 unspecified atom stereocenters. The third kappa shape index (κ3) is 4.79. The molecule has 2 rings (SSSR count). The van der Waals surface area contributed by atoms with E-state index >= 15 is 0 Å². The Morgan fingerprint density at radius 1 is 1.44 bits per heavy atom. The van der Waals surface area contributed by atoms with Crippen LogP contribution in [0.25, 0.3) is 10.6 Å². The summed E-state index contributed by atoms with van der Waals surface area (Å²) in [6, 6.07) is 5.51. The second kappa shape index (κ2) is 8.62. The van der Waals surface area contributed by atoms with E-state index in [0.29, 0.717) is 46.0 Å². The van der Waals surface area contributed by atoms with Crippen molar-refractivity contribution in [2.75, 3.05) is 13.2 Å². The van der Waals surface area contributed by atoms with E-state index in [1.807, 2.05) is 18.2 Å². The molecule has 1 aromatic carbocycles. The van der Waals surface area contributed by atoms with Crippen molar-refractivity contribution in [3.63, 3.8) is 0 Å². The summed E-state index contributed by atoms with van der Waals surface area (Å²) in [6.07, 6.45) is 1.33. The lowest BCUT2D eigenvalue weighted by Gasteiger charge is -2.11. The molecule has 0 fully saturated rings. The standard InChI is InChI=1S/C18H22N2O4S/c1-5-23-18(21)16-12(4)20-17(25-16)13-6-7-15(24-10-11(2)3)14(8-13)9-19-22/h6-9,11,22H,5,10H2,1-4H3. The highest BCUT2D eigenvalue weighted by Gasteiger charge is 2.18. The minimum atomic E-state index is -0.363. The molecule has 0 saturated carbocycles. The van der Waals surface area contributed by atoms with Gasteiger partial charge in [-0.3, -0.25) is 0 Å². The van der Waals surface area contributed by atoms with Crippen LogP contribution in [0.5, 0.6) is 5.75 Å². The summed E-state index contributed by atoms with van der Waals surface area (Å²) in [4.78, 5) is 16.9. The predicted molar refractivity (Wildman–Crippen MR) is 98.0 cm³/mol. The van der Waals surface area contributed by atoms with Gasteiger partial charge in [-0.15, -0.1) is 11.3 Å². The van der Waals surface area contributed by atoms with Gasteiger partial charge >= 0.3 is 5.97 Å². The van der Waals surface area contributed by atoms with Gasteiger partial charge in [0, 0.05) is 11.1 Å². The first-order valence-corrected chi connectivity index (χ1v) is 8.87. The maximum absolute atomic E-state index is 12.0. The zero-order valence-electron chi connectivity index (χ0n) is 14.8. The molecule has 0 aliphatic heterocycles. The smallest absolute Gasteiger partial charge is 0.350 e. The molecule has 0 radical (unpaired) electrons. The molecule has 2 aromatic rings. The molecule has 0 atom stereocenters. The SMILES string of the molecule is CCOC(=O)c1sc(-c2ccc(OCC(C)C)c(C=NO)c2)nc1C. The molecule has 7 heteroatoms. The van der Waals surface area contributed by atoms with Gasteiger partial charge in [0.2, 0.25) is 0 Å². The lowest BCUT2D eigenvalue weighted by molar-refractivity contribution is 0.0531. The molecule has 0 aliphatic rings. The Bertz CT molecular complexity index is 768. The van der Waals surface area contributed by atoms with Gasteiger partial charge in [0.15, 0.2) is 0 Å². The summed E-state index contributed by atoms with van der Waals surface area (Å²) in [5, 5.41) is 12.7. The number of thiazole rings is 1. The highest BCUT2D eigenvalue weighted by Crippen LogP contribution is 2.31. The van der Waals surface area contributed by atoms with Gasteiger partial charge in [-0.25, -0.2) is 9.78 Å². The van der Waals surface area contributed by atoms with Crippen LogP contribution in [0.15, 0.2) is 23.4 Å². The molecule has 25 heavy (non-hydrogen) atoms. The Morgan fingerprint density at radius 2 is 2.20 bits per heavy atom.